The van der Waals surface area contributed by atoms with Crippen LogP contribution in [0.4, 0.5) is 0 Å². The standard InChI is InChI=1S/C16H21N3O2/c1-10(17)7-13-5-6-14(9-15(13)20-4)21-16-18-11(2)8-12(3)19-16/h5-6,8-10H,7,17H2,1-4H3. The van der Waals surface area contributed by atoms with E-state index in [0.717, 1.165) is 29.1 Å². The van der Waals surface area contributed by atoms with E-state index < -0.39 is 0 Å². The van der Waals surface area contributed by atoms with E-state index in [4.69, 9.17) is 15.2 Å². The fourth-order valence-corrected chi connectivity index (χ4v) is 2.15. The van der Waals surface area contributed by atoms with Crippen LogP contribution in [0.3, 0.4) is 0 Å². The molecule has 1 unspecified atom stereocenters. The van der Waals surface area contributed by atoms with E-state index in [-0.39, 0.29) is 6.04 Å². The van der Waals surface area contributed by atoms with Crippen LogP contribution in [0.25, 0.3) is 0 Å². The molecule has 1 atom stereocenters. The minimum atomic E-state index is 0.0772. The Morgan fingerprint density at radius 1 is 1.14 bits per heavy atom. The van der Waals surface area contributed by atoms with E-state index in [1.54, 1.807) is 7.11 Å². The summed E-state index contributed by atoms with van der Waals surface area (Å²) in [7, 11) is 1.64. The lowest BCUT2D eigenvalue weighted by atomic mass is 10.1. The Morgan fingerprint density at radius 2 is 1.81 bits per heavy atom. The van der Waals surface area contributed by atoms with Gasteiger partial charge in [-0.1, -0.05) is 6.07 Å². The van der Waals surface area contributed by atoms with Gasteiger partial charge in [0.1, 0.15) is 11.5 Å². The van der Waals surface area contributed by atoms with Gasteiger partial charge in [-0.2, -0.15) is 0 Å². The van der Waals surface area contributed by atoms with Crippen molar-refractivity contribution in [1.29, 1.82) is 0 Å². The third-order valence-corrected chi connectivity index (χ3v) is 2.97. The first-order valence-corrected chi connectivity index (χ1v) is 6.90. The number of nitrogens with zero attached hydrogens (tertiary/aromatic N) is 2. The molecule has 0 aliphatic rings. The van der Waals surface area contributed by atoms with Gasteiger partial charge in [0.05, 0.1) is 7.11 Å². The van der Waals surface area contributed by atoms with Gasteiger partial charge in [-0.3, -0.25) is 0 Å². The van der Waals surface area contributed by atoms with Gasteiger partial charge in [-0.25, -0.2) is 9.97 Å². The second-order valence-corrected chi connectivity index (χ2v) is 5.19. The lowest BCUT2D eigenvalue weighted by Crippen LogP contribution is -2.18. The van der Waals surface area contributed by atoms with Gasteiger partial charge >= 0.3 is 6.01 Å². The van der Waals surface area contributed by atoms with Gasteiger partial charge in [-0.15, -0.1) is 0 Å². The molecule has 5 nitrogen and oxygen atoms in total. The normalized spacial score (nSPS) is 12.0. The summed E-state index contributed by atoms with van der Waals surface area (Å²) >= 11 is 0. The van der Waals surface area contributed by atoms with Crippen LogP contribution in [-0.2, 0) is 6.42 Å². The van der Waals surface area contributed by atoms with E-state index in [1.165, 1.54) is 0 Å². The summed E-state index contributed by atoms with van der Waals surface area (Å²) in [5, 5.41) is 0. The molecule has 1 heterocycles. The van der Waals surface area contributed by atoms with Gasteiger partial charge in [0, 0.05) is 23.5 Å². The Kier molecular flexibility index (Phi) is 4.75. The van der Waals surface area contributed by atoms with Crippen molar-refractivity contribution in [2.75, 3.05) is 7.11 Å². The summed E-state index contributed by atoms with van der Waals surface area (Å²) < 4.78 is 11.1. The molecule has 1 aromatic carbocycles. The molecule has 1 aromatic heterocycles. The summed E-state index contributed by atoms with van der Waals surface area (Å²) in [4.78, 5) is 8.52. The number of methoxy groups -OCH3 is 1. The van der Waals surface area contributed by atoms with Gasteiger partial charge < -0.3 is 15.2 Å². The molecule has 0 bridgehead atoms. The van der Waals surface area contributed by atoms with E-state index in [2.05, 4.69) is 9.97 Å². The van der Waals surface area contributed by atoms with Crippen LogP contribution in [0, 0.1) is 13.8 Å². The Bertz CT molecular complexity index is 607. The Labute approximate surface area is 125 Å². The topological polar surface area (TPSA) is 70.3 Å². The maximum Gasteiger partial charge on any atom is 0.322 e. The molecule has 0 aliphatic heterocycles. The number of benzene rings is 1. The highest BCUT2D eigenvalue weighted by Gasteiger charge is 2.09. The van der Waals surface area contributed by atoms with Crippen molar-refractivity contribution in [3.05, 3.63) is 41.2 Å². The molecule has 112 valence electrons. The highest BCUT2D eigenvalue weighted by Crippen LogP contribution is 2.28. The molecule has 0 amide bonds. The maximum absolute atomic E-state index is 5.84. The van der Waals surface area contributed by atoms with Crippen molar-refractivity contribution in [2.24, 2.45) is 5.73 Å². The monoisotopic (exact) mass is 287 g/mol. The molecular formula is C16H21N3O2. The Hall–Kier alpha value is -2.14. The molecule has 0 spiro atoms. The molecule has 0 fully saturated rings. The van der Waals surface area contributed by atoms with Crippen molar-refractivity contribution in [3.8, 4) is 17.5 Å². The highest BCUT2D eigenvalue weighted by molar-refractivity contribution is 5.42. The minimum Gasteiger partial charge on any atom is -0.496 e. The van der Waals surface area contributed by atoms with Crippen LogP contribution in [0.15, 0.2) is 24.3 Å². The lowest BCUT2D eigenvalue weighted by molar-refractivity contribution is 0.398. The molecule has 2 aromatic rings. The summed E-state index contributed by atoms with van der Waals surface area (Å²) in [6, 6.07) is 7.99. The predicted molar refractivity (Wildman–Crippen MR) is 81.9 cm³/mol. The zero-order chi connectivity index (χ0) is 15.4. The third kappa shape index (κ3) is 4.16. The van der Waals surface area contributed by atoms with Crippen molar-refractivity contribution >= 4 is 0 Å². The number of aryl methyl sites for hydroxylation is 2. The fraction of sp³-hybridized carbons (Fsp3) is 0.375. The summed E-state index contributed by atoms with van der Waals surface area (Å²) in [5.41, 5.74) is 8.64. The number of hydrogen-bond acceptors (Lipinski definition) is 5. The van der Waals surface area contributed by atoms with Crippen LogP contribution in [0.5, 0.6) is 17.5 Å². The average Bonchev–Trinajstić information content (AvgIpc) is 2.38. The predicted octanol–water partition coefficient (Wildman–Crippen LogP) is 2.78. The summed E-state index contributed by atoms with van der Waals surface area (Å²) in [6.45, 7) is 5.79. The summed E-state index contributed by atoms with van der Waals surface area (Å²) in [5.74, 6) is 1.40. The van der Waals surface area contributed by atoms with Crippen LogP contribution in [-0.4, -0.2) is 23.1 Å². The third-order valence-electron chi connectivity index (χ3n) is 2.97. The minimum absolute atomic E-state index is 0.0772. The van der Waals surface area contributed by atoms with E-state index in [1.807, 2.05) is 45.0 Å². The Balaban J connectivity index is 2.24. The van der Waals surface area contributed by atoms with Crippen molar-refractivity contribution < 1.29 is 9.47 Å². The van der Waals surface area contributed by atoms with E-state index in [9.17, 15) is 0 Å². The zero-order valence-corrected chi connectivity index (χ0v) is 12.9. The molecule has 2 rings (SSSR count). The van der Waals surface area contributed by atoms with Crippen LogP contribution in [0.2, 0.25) is 0 Å². The van der Waals surface area contributed by atoms with E-state index in [0.29, 0.717) is 11.8 Å². The Morgan fingerprint density at radius 3 is 2.38 bits per heavy atom. The van der Waals surface area contributed by atoms with Crippen LogP contribution < -0.4 is 15.2 Å². The van der Waals surface area contributed by atoms with Crippen LogP contribution in [0.1, 0.15) is 23.9 Å². The average molecular weight is 287 g/mol. The molecule has 0 aliphatic carbocycles. The molecule has 5 heteroatoms. The van der Waals surface area contributed by atoms with Gasteiger partial charge in [0.15, 0.2) is 0 Å². The van der Waals surface area contributed by atoms with Gasteiger partial charge in [0.25, 0.3) is 0 Å². The maximum atomic E-state index is 5.84. The summed E-state index contributed by atoms with van der Waals surface area (Å²) in [6.07, 6.45) is 0.753. The smallest absolute Gasteiger partial charge is 0.322 e. The van der Waals surface area contributed by atoms with Crippen molar-refractivity contribution in [3.63, 3.8) is 0 Å². The lowest BCUT2D eigenvalue weighted by Gasteiger charge is -2.12. The number of ether oxygens (including phenoxy) is 2. The largest absolute Gasteiger partial charge is 0.496 e. The number of nitrogens with two attached hydrogens (primary N) is 1. The fourth-order valence-electron chi connectivity index (χ4n) is 2.15. The highest BCUT2D eigenvalue weighted by atomic mass is 16.5. The van der Waals surface area contributed by atoms with Crippen molar-refractivity contribution in [2.45, 2.75) is 33.2 Å². The quantitative estimate of drug-likeness (QED) is 0.915. The zero-order valence-electron chi connectivity index (χ0n) is 12.9. The number of hydrogen-bond donors (Lipinski definition) is 1. The second-order valence-electron chi connectivity index (χ2n) is 5.19. The van der Waals surface area contributed by atoms with Gasteiger partial charge in [0.2, 0.25) is 0 Å². The molecule has 21 heavy (non-hydrogen) atoms. The van der Waals surface area contributed by atoms with Crippen molar-refractivity contribution in [1.82, 2.24) is 9.97 Å². The molecular weight excluding hydrogens is 266 g/mol. The van der Waals surface area contributed by atoms with Gasteiger partial charge in [-0.05, 0) is 44.9 Å². The van der Waals surface area contributed by atoms with E-state index >= 15 is 0 Å². The molecule has 0 radical (unpaired) electrons. The second kappa shape index (κ2) is 6.54. The first kappa shape index (κ1) is 15.3. The molecule has 2 N–H and O–H groups in total. The molecule has 0 saturated carbocycles. The number of rotatable bonds is 5. The first-order valence-electron chi connectivity index (χ1n) is 6.90. The SMILES string of the molecule is COc1cc(Oc2nc(C)cc(C)n2)ccc1CC(C)N. The van der Waals surface area contributed by atoms with Crippen LogP contribution >= 0.6 is 0 Å². The number of aromatic nitrogens is 2. The molecule has 0 saturated heterocycles. The first-order chi connectivity index (χ1) is 9.97.